The normalized spacial score (nSPS) is 12.7. The number of aliphatic carboxylic acids is 2. The Kier molecular flexibility index (Phi) is 13.3. The molecule has 19 heteroatoms. The van der Waals surface area contributed by atoms with Gasteiger partial charge in [0.05, 0.1) is 24.4 Å². The van der Waals surface area contributed by atoms with Gasteiger partial charge in [0.25, 0.3) is 11.5 Å². The van der Waals surface area contributed by atoms with Crippen LogP contribution in [0.3, 0.4) is 0 Å². The number of carbonyl (C=O) groups is 6. The number of nitrogens with two attached hydrogens (primary N) is 1. The quantitative estimate of drug-likeness (QED) is 0.0761. The molecule has 1 aromatic carbocycles. The molecule has 0 fully saturated rings. The number of rotatable bonds is 18. The highest BCUT2D eigenvalue weighted by Gasteiger charge is 2.29. The molecule has 3 aromatic rings. The summed E-state index contributed by atoms with van der Waals surface area (Å²) in [4.78, 5) is 100. The molecule has 0 radical (unpaired) electrons. The summed E-state index contributed by atoms with van der Waals surface area (Å²) in [6.45, 7) is 2.11. The fraction of sp³-hybridized carbons (Fsp3) is 0.379. The van der Waals surface area contributed by atoms with E-state index >= 15 is 0 Å². The summed E-state index contributed by atoms with van der Waals surface area (Å²) in [6, 6.07) is 3.25. The molecule has 0 saturated carbocycles. The second-order valence-electron chi connectivity index (χ2n) is 10.5. The summed E-state index contributed by atoms with van der Waals surface area (Å²) in [5, 5.41) is 29.1. The van der Waals surface area contributed by atoms with E-state index in [0.29, 0.717) is 11.4 Å². The zero-order valence-electron chi connectivity index (χ0n) is 25.7. The third kappa shape index (κ3) is 10.7. The molecule has 0 aliphatic rings. The van der Waals surface area contributed by atoms with E-state index in [-0.39, 0.29) is 54.4 Å². The van der Waals surface area contributed by atoms with Gasteiger partial charge in [-0.15, -0.1) is 0 Å². The fourth-order valence-corrected chi connectivity index (χ4v) is 4.64. The van der Waals surface area contributed by atoms with Crippen molar-refractivity contribution < 1.29 is 39.0 Å². The second-order valence-corrected chi connectivity index (χ2v) is 10.9. The number of anilines is 2. The van der Waals surface area contributed by atoms with E-state index in [0.717, 1.165) is 0 Å². The molecule has 3 rings (SSSR count). The van der Waals surface area contributed by atoms with Crippen LogP contribution in [0.25, 0.3) is 11.2 Å². The number of Topliss-reactive ketones (excluding diaryl/α,β-unsaturated/α-hetero) is 1. The predicted molar refractivity (Wildman–Crippen MR) is 174 cm³/mol. The van der Waals surface area contributed by atoms with Crippen molar-refractivity contribution in [1.29, 1.82) is 0 Å². The molecule has 0 aliphatic carbocycles. The van der Waals surface area contributed by atoms with Crippen LogP contribution >= 0.6 is 12.6 Å². The number of carbonyl (C=O) groups excluding carboxylic acids is 4. The number of ketones is 1. The molecule has 0 bridgehead atoms. The lowest BCUT2D eigenvalue weighted by Crippen LogP contribution is -2.46. The predicted octanol–water partition coefficient (Wildman–Crippen LogP) is -0.529. The van der Waals surface area contributed by atoms with E-state index in [9.17, 15) is 43.8 Å². The Balaban J connectivity index is 1.57. The number of nitrogen functional groups attached to an aromatic ring is 1. The van der Waals surface area contributed by atoms with Crippen molar-refractivity contribution in [3.05, 3.63) is 52.1 Å². The van der Waals surface area contributed by atoms with Crippen molar-refractivity contribution in [3.63, 3.8) is 0 Å². The van der Waals surface area contributed by atoms with E-state index < -0.39 is 71.8 Å². The average molecular weight is 686 g/mol. The number of carboxylic acid groups (broad SMARTS) is 2. The molecule has 3 amide bonds. The summed E-state index contributed by atoms with van der Waals surface area (Å²) in [7, 11) is 0. The van der Waals surface area contributed by atoms with Crippen LogP contribution in [0.2, 0.25) is 0 Å². The lowest BCUT2D eigenvalue weighted by molar-refractivity contribution is -0.142. The van der Waals surface area contributed by atoms with Gasteiger partial charge in [0.2, 0.25) is 17.8 Å². The van der Waals surface area contributed by atoms with Crippen molar-refractivity contribution in [2.24, 2.45) is 5.92 Å². The molecule has 0 spiro atoms. The van der Waals surface area contributed by atoms with Gasteiger partial charge in [-0.1, -0.05) is 0 Å². The maximum atomic E-state index is 12.8. The highest BCUT2D eigenvalue weighted by Crippen LogP contribution is 2.15. The number of carboxylic acids is 2. The van der Waals surface area contributed by atoms with E-state index in [1.54, 1.807) is 19.1 Å². The van der Waals surface area contributed by atoms with Gasteiger partial charge >= 0.3 is 11.9 Å². The number of aromatic amines is 1. The van der Waals surface area contributed by atoms with Gasteiger partial charge in [0.15, 0.2) is 11.2 Å². The van der Waals surface area contributed by atoms with E-state index in [2.05, 4.69) is 53.8 Å². The number of thiol groups is 1. The van der Waals surface area contributed by atoms with Crippen molar-refractivity contribution in [2.45, 2.75) is 51.2 Å². The van der Waals surface area contributed by atoms with Crippen LogP contribution < -0.4 is 32.6 Å². The molecule has 256 valence electrons. The van der Waals surface area contributed by atoms with Crippen LogP contribution in [0.1, 0.15) is 48.7 Å². The first kappa shape index (κ1) is 36.9. The molecular weight excluding hydrogens is 650 g/mol. The molecular formula is C29H35N9O9S. The Morgan fingerprint density at radius 3 is 2.29 bits per heavy atom. The van der Waals surface area contributed by atoms with Crippen LogP contribution in [-0.2, 0) is 30.5 Å². The lowest BCUT2D eigenvalue weighted by Gasteiger charge is -2.19. The molecule has 48 heavy (non-hydrogen) atoms. The number of hydrogen-bond donors (Lipinski definition) is 9. The van der Waals surface area contributed by atoms with Crippen molar-refractivity contribution >= 4 is 70.9 Å². The van der Waals surface area contributed by atoms with Gasteiger partial charge in [-0.3, -0.25) is 29.0 Å². The van der Waals surface area contributed by atoms with E-state index in [1.807, 2.05) is 0 Å². The highest BCUT2D eigenvalue weighted by atomic mass is 32.1. The maximum Gasteiger partial charge on any atom is 0.327 e. The Morgan fingerprint density at radius 2 is 1.67 bits per heavy atom. The van der Waals surface area contributed by atoms with Gasteiger partial charge in [-0.2, -0.15) is 17.6 Å². The minimum Gasteiger partial charge on any atom is -0.480 e. The average Bonchev–Trinajstić information content (AvgIpc) is 3.04. The molecule has 0 unspecified atom stereocenters. The maximum absolute atomic E-state index is 12.8. The molecule has 18 nitrogen and oxygen atoms in total. The van der Waals surface area contributed by atoms with E-state index in [4.69, 9.17) is 5.73 Å². The monoisotopic (exact) mass is 685 g/mol. The number of aromatic nitrogens is 4. The van der Waals surface area contributed by atoms with Crippen LogP contribution in [-0.4, -0.2) is 90.0 Å². The Hall–Kier alpha value is -5.59. The van der Waals surface area contributed by atoms with Gasteiger partial charge in [0.1, 0.15) is 17.9 Å². The Labute approximate surface area is 278 Å². The van der Waals surface area contributed by atoms with Crippen LogP contribution in [0, 0.1) is 5.92 Å². The standard InChI is InChI=1S/C29H35N9O9S/c1-2-31-21(40)10-15(25(42)36-20(13-48)28(46)47)9-18(39)7-8-19(27(44)45)35-24(41)14-3-5-16(6-4-14)32-11-17-12-33-23-22(34-17)26(43)38-29(30)37-23/h3-6,12,15,19-20,32,48H,2,7-11,13H2,1H3,(H,31,40)(H,35,41)(H,36,42)(H,44,45)(H,46,47)(H3,30,33,37,38,43)/t15-,19-,20-/m0/s1. The number of fused-ring (bicyclic) bond motifs is 1. The molecule has 3 atom stereocenters. The minimum atomic E-state index is -1.45. The number of nitrogens with one attached hydrogen (secondary N) is 5. The van der Waals surface area contributed by atoms with Crippen molar-refractivity contribution in [2.75, 3.05) is 23.3 Å². The van der Waals surface area contributed by atoms with Gasteiger partial charge in [-0.05, 0) is 37.6 Å². The number of benzene rings is 1. The Bertz CT molecular complexity index is 1730. The number of H-pyrrole nitrogens is 1. The first-order valence-corrected chi connectivity index (χ1v) is 15.3. The zero-order chi connectivity index (χ0) is 35.4. The zero-order valence-corrected chi connectivity index (χ0v) is 26.6. The Morgan fingerprint density at radius 1 is 0.979 bits per heavy atom. The van der Waals surface area contributed by atoms with Gasteiger partial charge < -0.3 is 37.2 Å². The summed E-state index contributed by atoms with van der Waals surface area (Å²) < 4.78 is 0. The topological polar surface area (TPSA) is 289 Å². The smallest absolute Gasteiger partial charge is 0.327 e. The van der Waals surface area contributed by atoms with Crippen LogP contribution in [0.15, 0.2) is 35.3 Å². The molecule has 2 heterocycles. The summed E-state index contributed by atoms with van der Waals surface area (Å²) >= 11 is 3.89. The van der Waals surface area contributed by atoms with Crippen molar-refractivity contribution in [3.8, 4) is 0 Å². The van der Waals surface area contributed by atoms with E-state index in [1.165, 1.54) is 18.3 Å². The minimum absolute atomic E-state index is 0.0213. The third-order valence-corrected chi connectivity index (χ3v) is 7.24. The summed E-state index contributed by atoms with van der Waals surface area (Å²) in [6.07, 6.45) is -0.0706. The van der Waals surface area contributed by atoms with Crippen molar-refractivity contribution in [1.82, 2.24) is 35.9 Å². The SMILES string of the molecule is CCNC(=O)C[C@H](CC(=O)CC[C@H](NC(=O)c1ccc(NCc2cnc3nc(N)[nH]c(=O)c3n2)cc1)C(=O)O)C(=O)N[C@@H](CS)C(=O)O. The largest absolute Gasteiger partial charge is 0.480 e. The molecule has 0 aliphatic heterocycles. The second kappa shape index (κ2) is 17.4. The number of amides is 3. The fourth-order valence-electron chi connectivity index (χ4n) is 4.40. The lowest BCUT2D eigenvalue weighted by atomic mass is 9.94. The van der Waals surface area contributed by atoms with Crippen LogP contribution in [0.5, 0.6) is 0 Å². The first-order chi connectivity index (χ1) is 22.8. The molecule has 0 saturated heterocycles. The van der Waals surface area contributed by atoms with Crippen LogP contribution in [0.4, 0.5) is 11.6 Å². The molecule has 9 N–H and O–H groups in total. The van der Waals surface area contributed by atoms with Gasteiger partial charge in [0, 0.05) is 42.8 Å². The number of nitrogens with zero attached hydrogens (tertiary/aromatic N) is 3. The number of hydrogen-bond acceptors (Lipinski definition) is 13. The molecule has 2 aromatic heterocycles. The van der Waals surface area contributed by atoms with Gasteiger partial charge in [-0.25, -0.2) is 19.6 Å². The highest BCUT2D eigenvalue weighted by molar-refractivity contribution is 7.80. The first-order valence-electron chi connectivity index (χ1n) is 14.6. The summed E-state index contributed by atoms with van der Waals surface area (Å²) in [5.74, 6) is -6.87. The summed E-state index contributed by atoms with van der Waals surface area (Å²) in [5.41, 5.74) is 6.24. The third-order valence-electron chi connectivity index (χ3n) is 6.87.